The van der Waals surface area contributed by atoms with Crippen LogP contribution in [-0.4, -0.2) is 24.6 Å². The number of carbonyl (C=O) groups is 2. The third-order valence-corrected chi connectivity index (χ3v) is 4.74. The molecule has 5 heteroatoms. The third kappa shape index (κ3) is 4.73. The monoisotopic (exact) mass is 333 g/mol. The zero-order chi connectivity index (χ0) is 17.7. The number of para-hydroxylation sites is 1. The molecule has 0 aromatic heterocycles. The number of benzene rings is 1. The SMILES string of the molecule is CC(C)[C@@H]1CC[C@@H](C)C[C@H]1OC(=O)COc1ccccc1C(N)=O. The molecule has 1 saturated carbocycles. The number of esters is 1. The van der Waals surface area contributed by atoms with Crippen LogP contribution < -0.4 is 10.5 Å². The van der Waals surface area contributed by atoms with Crippen LogP contribution in [0.25, 0.3) is 0 Å². The molecule has 1 aliphatic rings. The minimum atomic E-state index is -0.583. The van der Waals surface area contributed by atoms with Crippen LogP contribution in [0.15, 0.2) is 24.3 Å². The maximum Gasteiger partial charge on any atom is 0.344 e. The lowest BCUT2D eigenvalue weighted by atomic mass is 9.75. The van der Waals surface area contributed by atoms with E-state index >= 15 is 0 Å². The summed E-state index contributed by atoms with van der Waals surface area (Å²) < 4.78 is 11.1. The van der Waals surface area contributed by atoms with Crippen LogP contribution in [0.2, 0.25) is 0 Å². The summed E-state index contributed by atoms with van der Waals surface area (Å²) >= 11 is 0. The molecular weight excluding hydrogens is 306 g/mol. The van der Waals surface area contributed by atoms with Crippen LogP contribution in [0.3, 0.4) is 0 Å². The molecule has 2 rings (SSSR count). The molecule has 0 unspecified atom stereocenters. The topological polar surface area (TPSA) is 78.6 Å². The van der Waals surface area contributed by atoms with Crippen LogP contribution >= 0.6 is 0 Å². The maximum atomic E-state index is 12.2. The lowest BCUT2D eigenvalue weighted by molar-refractivity contribution is -0.158. The molecule has 24 heavy (non-hydrogen) atoms. The Morgan fingerprint density at radius 2 is 1.96 bits per heavy atom. The van der Waals surface area contributed by atoms with E-state index in [0.29, 0.717) is 23.5 Å². The summed E-state index contributed by atoms with van der Waals surface area (Å²) in [5, 5.41) is 0. The second-order valence-corrected chi connectivity index (χ2v) is 7.00. The molecule has 1 aliphatic carbocycles. The molecule has 0 spiro atoms. The number of amides is 1. The van der Waals surface area contributed by atoms with E-state index in [4.69, 9.17) is 15.2 Å². The van der Waals surface area contributed by atoms with Crippen LogP contribution in [0, 0.1) is 17.8 Å². The number of nitrogens with two attached hydrogens (primary N) is 1. The summed E-state index contributed by atoms with van der Waals surface area (Å²) in [5.74, 6) is 0.752. The van der Waals surface area contributed by atoms with E-state index in [-0.39, 0.29) is 18.3 Å². The fourth-order valence-corrected chi connectivity index (χ4v) is 3.39. The normalized spacial score (nSPS) is 23.8. The van der Waals surface area contributed by atoms with E-state index in [1.807, 2.05) is 0 Å². The summed E-state index contributed by atoms with van der Waals surface area (Å²) in [4.78, 5) is 23.5. The van der Waals surface area contributed by atoms with Crippen molar-refractivity contribution < 1.29 is 19.1 Å². The quantitative estimate of drug-likeness (QED) is 0.811. The molecule has 1 aromatic rings. The lowest BCUT2D eigenvalue weighted by Gasteiger charge is -2.36. The van der Waals surface area contributed by atoms with Crippen molar-refractivity contribution in [3.63, 3.8) is 0 Å². The molecule has 1 aromatic carbocycles. The zero-order valence-electron chi connectivity index (χ0n) is 14.7. The molecule has 1 amide bonds. The van der Waals surface area contributed by atoms with E-state index in [0.717, 1.165) is 12.8 Å². The van der Waals surface area contributed by atoms with Crippen molar-refractivity contribution >= 4 is 11.9 Å². The molecule has 2 N–H and O–H groups in total. The molecule has 0 saturated heterocycles. The number of primary amides is 1. The summed E-state index contributed by atoms with van der Waals surface area (Å²) in [7, 11) is 0. The first-order chi connectivity index (χ1) is 11.4. The summed E-state index contributed by atoms with van der Waals surface area (Å²) in [6.07, 6.45) is 3.10. The third-order valence-electron chi connectivity index (χ3n) is 4.74. The Kier molecular flexibility index (Phi) is 6.23. The number of rotatable bonds is 6. The molecule has 3 atom stereocenters. The van der Waals surface area contributed by atoms with E-state index in [9.17, 15) is 9.59 Å². The van der Waals surface area contributed by atoms with Gasteiger partial charge in [-0.05, 0) is 42.7 Å². The van der Waals surface area contributed by atoms with Gasteiger partial charge in [0.2, 0.25) is 0 Å². The van der Waals surface area contributed by atoms with Gasteiger partial charge in [0.05, 0.1) is 5.56 Å². The van der Waals surface area contributed by atoms with E-state index in [2.05, 4.69) is 20.8 Å². The van der Waals surface area contributed by atoms with E-state index in [1.165, 1.54) is 6.42 Å². The number of ether oxygens (including phenoxy) is 2. The fraction of sp³-hybridized carbons (Fsp3) is 0.579. The standard InChI is InChI=1S/C19H27NO4/c1-12(2)14-9-8-13(3)10-17(14)24-18(21)11-23-16-7-5-4-6-15(16)19(20)22/h4-7,12-14,17H,8-11H2,1-3H3,(H2,20,22)/t13-,14+,17-/m1/s1. The van der Waals surface area contributed by atoms with Gasteiger partial charge >= 0.3 is 5.97 Å². The van der Waals surface area contributed by atoms with Gasteiger partial charge in [-0.2, -0.15) is 0 Å². The lowest BCUT2D eigenvalue weighted by Crippen LogP contribution is -2.37. The Hall–Kier alpha value is -2.04. The largest absolute Gasteiger partial charge is 0.481 e. The zero-order valence-corrected chi connectivity index (χ0v) is 14.7. The molecule has 0 bridgehead atoms. The minimum Gasteiger partial charge on any atom is -0.481 e. The average molecular weight is 333 g/mol. The first-order valence-corrected chi connectivity index (χ1v) is 8.59. The van der Waals surface area contributed by atoms with Gasteiger partial charge in [0.25, 0.3) is 5.91 Å². The Morgan fingerprint density at radius 3 is 2.62 bits per heavy atom. The highest BCUT2D eigenvalue weighted by Crippen LogP contribution is 2.35. The van der Waals surface area contributed by atoms with Gasteiger partial charge in [0.15, 0.2) is 6.61 Å². The molecule has 0 radical (unpaired) electrons. The van der Waals surface area contributed by atoms with Crippen LogP contribution in [0.4, 0.5) is 0 Å². The molecule has 0 heterocycles. The van der Waals surface area contributed by atoms with Crippen molar-refractivity contribution in [1.82, 2.24) is 0 Å². The number of hydrogen-bond donors (Lipinski definition) is 1. The second-order valence-electron chi connectivity index (χ2n) is 7.00. The Labute approximate surface area is 143 Å². The maximum absolute atomic E-state index is 12.2. The number of carbonyl (C=O) groups excluding carboxylic acids is 2. The van der Waals surface area contributed by atoms with Gasteiger partial charge in [0, 0.05) is 0 Å². The smallest absolute Gasteiger partial charge is 0.344 e. The van der Waals surface area contributed by atoms with Crippen molar-refractivity contribution in [1.29, 1.82) is 0 Å². The Morgan fingerprint density at radius 1 is 1.25 bits per heavy atom. The van der Waals surface area contributed by atoms with Gasteiger partial charge in [-0.25, -0.2) is 4.79 Å². The van der Waals surface area contributed by atoms with Crippen LogP contribution in [-0.2, 0) is 9.53 Å². The van der Waals surface area contributed by atoms with E-state index in [1.54, 1.807) is 24.3 Å². The van der Waals surface area contributed by atoms with Crippen LogP contribution in [0.1, 0.15) is 50.4 Å². The highest BCUT2D eigenvalue weighted by atomic mass is 16.6. The Balaban J connectivity index is 1.94. The first-order valence-electron chi connectivity index (χ1n) is 8.59. The minimum absolute atomic E-state index is 0.0590. The highest BCUT2D eigenvalue weighted by Gasteiger charge is 2.33. The first kappa shape index (κ1) is 18.3. The molecule has 1 fully saturated rings. The predicted molar refractivity (Wildman–Crippen MR) is 91.7 cm³/mol. The van der Waals surface area contributed by atoms with Crippen molar-refractivity contribution in [3.8, 4) is 5.75 Å². The predicted octanol–water partition coefficient (Wildman–Crippen LogP) is 3.17. The fourth-order valence-electron chi connectivity index (χ4n) is 3.39. The second kappa shape index (κ2) is 8.18. The average Bonchev–Trinajstić information content (AvgIpc) is 2.53. The highest BCUT2D eigenvalue weighted by molar-refractivity contribution is 5.95. The molecule has 5 nitrogen and oxygen atoms in total. The summed E-state index contributed by atoms with van der Waals surface area (Å²) in [6.45, 7) is 6.30. The van der Waals surface area contributed by atoms with Gasteiger partial charge in [-0.15, -0.1) is 0 Å². The van der Waals surface area contributed by atoms with Gasteiger partial charge in [-0.3, -0.25) is 4.79 Å². The van der Waals surface area contributed by atoms with Crippen molar-refractivity contribution in [2.75, 3.05) is 6.61 Å². The van der Waals surface area contributed by atoms with Gasteiger partial charge in [-0.1, -0.05) is 39.3 Å². The van der Waals surface area contributed by atoms with E-state index < -0.39 is 11.9 Å². The summed E-state index contributed by atoms with van der Waals surface area (Å²) in [6, 6.07) is 6.61. The van der Waals surface area contributed by atoms with Crippen molar-refractivity contribution in [2.24, 2.45) is 23.5 Å². The van der Waals surface area contributed by atoms with Crippen molar-refractivity contribution in [2.45, 2.75) is 46.1 Å². The number of hydrogen-bond acceptors (Lipinski definition) is 4. The van der Waals surface area contributed by atoms with Gasteiger partial charge in [0.1, 0.15) is 11.9 Å². The van der Waals surface area contributed by atoms with Gasteiger partial charge < -0.3 is 15.2 Å². The van der Waals surface area contributed by atoms with Crippen LogP contribution in [0.5, 0.6) is 5.75 Å². The van der Waals surface area contributed by atoms with Crippen molar-refractivity contribution in [3.05, 3.63) is 29.8 Å². The molecular formula is C19H27NO4. The molecule has 0 aliphatic heterocycles. The molecule has 132 valence electrons. The summed E-state index contributed by atoms with van der Waals surface area (Å²) in [5.41, 5.74) is 5.56. The Bertz CT molecular complexity index is 584.